The topological polar surface area (TPSA) is 66.1 Å². The molecule has 0 aliphatic rings. The van der Waals surface area contributed by atoms with Crippen molar-refractivity contribution in [3.63, 3.8) is 0 Å². The van der Waals surface area contributed by atoms with Gasteiger partial charge in [0.1, 0.15) is 10.7 Å². The number of aromatic amines is 1. The van der Waals surface area contributed by atoms with Crippen LogP contribution in [0.5, 0.6) is 0 Å². The van der Waals surface area contributed by atoms with Gasteiger partial charge < -0.3 is 0 Å². The molecule has 0 unspecified atom stereocenters. The highest BCUT2D eigenvalue weighted by atomic mass is 35.5. The minimum atomic E-state index is -3.81. The molecule has 1 heterocycles. The average Bonchev–Trinajstić information content (AvgIpc) is 2.79. The van der Waals surface area contributed by atoms with Gasteiger partial charge in [0, 0.05) is 24.8 Å². The summed E-state index contributed by atoms with van der Waals surface area (Å²) in [5.74, 6) is -0.535. The Labute approximate surface area is 127 Å². The summed E-state index contributed by atoms with van der Waals surface area (Å²) in [6, 6.07) is 2.26. The quantitative estimate of drug-likeness (QED) is 0.936. The molecule has 0 saturated heterocycles. The lowest BCUT2D eigenvalue weighted by molar-refractivity contribution is 0.466. The number of nitrogens with zero attached hydrogens (tertiary/aromatic N) is 2. The zero-order valence-corrected chi connectivity index (χ0v) is 13.4. The molecule has 5 nitrogen and oxygen atoms in total. The maximum Gasteiger partial charge on any atom is 0.244 e. The SMILES string of the molecule is Cc1cc(S(=O)(=O)N(C)Cc2cn[nH]c2C)c(Cl)cc1F. The van der Waals surface area contributed by atoms with Gasteiger partial charge in [-0.25, -0.2) is 12.8 Å². The average molecular weight is 332 g/mol. The Balaban J connectivity index is 2.38. The molecule has 21 heavy (non-hydrogen) atoms. The van der Waals surface area contributed by atoms with E-state index in [4.69, 9.17) is 11.6 Å². The second-order valence-electron chi connectivity index (χ2n) is 4.81. The molecule has 0 amide bonds. The molecule has 0 bridgehead atoms. The zero-order chi connectivity index (χ0) is 15.8. The van der Waals surface area contributed by atoms with Crippen molar-refractivity contribution in [2.45, 2.75) is 25.3 Å². The lowest BCUT2D eigenvalue weighted by Crippen LogP contribution is -2.27. The number of benzene rings is 1. The van der Waals surface area contributed by atoms with Crippen LogP contribution in [0.4, 0.5) is 4.39 Å². The number of H-pyrrole nitrogens is 1. The van der Waals surface area contributed by atoms with Gasteiger partial charge in [-0.05, 0) is 31.5 Å². The zero-order valence-electron chi connectivity index (χ0n) is 11.8. The summed E-state index contributed by atoms with van der Waals surface area (Å²) in [5.41, 5.74) is 1.78. The van der Waals surface area contributed by atoms with Crippen LogP contribution in [0.3, 0.4) is 0 Å². The van der Waals surface area contributed by atoms with Gasteiger partial charge in [-0.1, -0.05) is 11.6 Å². The molecule has 114 valence electrons. The largest absolute Gasteiger partial charge is 0.283 e. The van der Waals surface area contributed by atoms with Gasteiger partial charge in [-0.3, -0.25) is 5.10 Å². The highest BCUT2D eigenvalue weighted by molar-refractivity contribution is 7.89. The van der Waals surface area contributed by atoms with E-state index >= 15 is 0 Å². The Bertz CT molecular complexity index is 774. The van der Waals surface area contributed by atoms with Gasteiger partial charge in [-0.15, -0.1) is 0 Å². The van der Waals surface area contributed by atoms with Crippen molar-refractivity contribution in [1.82, 2.24) is 14.5 Å². The van der Waals surface area contributed by atoms with Crippen LogP contribution in [-0.2, 0) is 16.6 Å². The smallest absolute Gasteiger partial charge is 0.244 e. The molecule has 0 spiro atoms. The van der Waals surface area contributed by atoms with Gasteiger partial charge in [-0.2, -0.15) is 9.40 Å². The standard InChI is InChI=1S/C13H15ClFN3O2S/c1-8-4-13(11(14)5-12(8)15)21(19,20)18(3)7-10-6-16-17-9(10)2/h4-6H,7H2,1-3H3,(H,16,17). The van der Waals surface area contributed by atoms with Crippen LogP contribution in [0.2, 0.25) is 5.02 Å². The number of aryl methyl sites for hydroxylation is 2. The molecule has 1 aromatic heterocycles. The van der Waals surface area contributed by atoms with Crippen LogP contribution < -0.4 is 0 Å². The number of rotatable bonds is 4. The van der Waals surface area contributed by atoms with Crippen molar-refractivity contribution in [2.75, 3.05) is 7.05 Å². The van der Waals surface area contributed by atoms with Crippen molar-refractivity contribution in [2.24, 2.45) is 0 Å². The van der Waals surface area contributed by atoms with Crippen molar-refractivity contribution in [3.8, 4) is 0 Å². The number of halogens is 2. The first-order valence-corrected chi connectivity index (χ1v) is 7.96. The summed E-state index contributed by atoms with van der Waals surface area (Å²) < 4.78 is 39.6. The first kappa shape index (κ1) is 15.9. The fourth-order valence-corrected chi connectivity index (χ4v) is 3.57. The first-order valence-electron chi connectivity index (χ1n) is 6.14. The predicted octanol–water partition coefficient (Wildman–Crippen LogP) is 2.64. The number of sulfonamides is 1. The number of hydrogen-bond acceptors (Lipinski definition) is 3. The summed E-state index contributed by atoms with van der Waals surface area (Å²) in [4.78, 5) is -0.105. The number of aromatic nitrogens is 2. The fraction of sp³-hybridized carbons (Fsp3) is 0.308. The molecule has 0 fully saturated rings. The molecule has 0 radical (unpaired) electrons. The Morgan fingerprint density at radius 3 is 2.62 bits per heavy atom. The molecule has 2 rings (SSSR count). The third-order valence-corrected chi connectivity index (χ3v) is 5.50. The molecule has 0 saturated carbocycles. The highest BCUT2D eigenvalue weighted by Crippen LogP contribution is 2.27. The van der Waals surface area contributed by atoms with E-state index in [0.717, 1.165) is 21.6 Å². The van der Waals surface area contributed by atoms with E-state index in [2.05, 4.69) is 10.2 Å². The maximum atomic E-state index is 13.4. The molecular weight excluding hydrogens is 317 g/mol. The van der Waals surface area contributed by atoms with Gasteiger partial charge in [0.15, 0.2) is 0 Å². The monoisotopic (exact) mass is 331 g/mol. The molecular formula is C13H15ClFN3O2S. The molecule has 0 aliphatic heterocycles. The molecule has 0 atom stereocenters. The van der Waals surface area contributed by atoms with Crippen molar-refractivity contribution in [1.29, 1.82) is 0 Å². The third-order valence-electron chi connectivity index (χ3n) is 3.23. The van der Waals surface area contributed by atoms with E-state index in [1.54, 1.807) is 13.1 Å². The van der Waals surface area contributed by atoms with Crippen LogP contribution in [0.25, 0.3) is 0 Å². The lowest BCUT2D eigenvalue weighted by atomic mass is 10.2. The number of hydrogen-bond donors (Lipinski definition) is 1. The third kappa shape index (κ3) is 3.09. The van der Waals surface area contributed by atoms with E-state index in [-0.39, 0.29) is 22.0 Å². The van der Waals surface area contributed by atoms with Gasteiger partial charge in [0.05, 0.1) is 11.2 Å². The summed E-state index contributed by atoms with van der Waals surface area (Å²) in [5, 5.41) is 6.47. The highest BCUT2D eigenvalue weighted by Gasteiger charge is 2.25. The van der Waals surface area contributed by atoms with Crippen LogP contribution in [0.1, 0.15) is 16.8 Å². The summed E-state index contributed by atoms with van der Waals surface area (Å²) in [6.45, 7) is 3.44. The van der Waals surface area contributed by atoms with Crippen LogP contribution in [0.15, 0.2) is 23.2 Å². The van der Waals surface area contributed by atoms with E-state index in [1.165, 1.54) is 20.0 Å². The minimum absolute atomic E-state index is 0.105. The molecule has 8 heteroatoms. The number of nitrogens with one attached hydrogen (secondary N) is 1. The minimum Gasteiger partial charge on any atom is -0.283 e. The molecule has 1 aromatic carbocycles. The van der Waals surface area contributed by atoms with Gasteiger partial charge in [0.25, 0.3) is 0 Å². The van der Waals surface area contributed by atoms with Gasteiger partial charge >= 0.3 is 0 Å². The normalized spacial score (nSPS) is 12.1. The molecule has 0 aliphatic carbocycles. The Kier molecular flexibility index (Phi) is 4.36. The summed E-state index contributed by atoms with van der Waals surface area (Å²) >= 11 is 5.88. The molecule has 2 aromatic rings. The second kappa shape index (κ2) is 5.75. The van der Waals surface area contributed by atoms with Crippen molar-refractivity contribution >= 4 is 21.6 Å². The Hall–Kier alpha value is -1.44. The Morgan fingerprint density at radius 2 is 2.05 bits per heavy atom. The van der Waals surface area contributed by atoms with Gasteiger partial charge in [0.2, 0.25) is 10.0 Å². The summed E-state index contributed by atoms with van der Waals surface area (Å²) in [7, 11) is -2.37. The van der Waals surface area contributed by atoms with Crippen LogP contribution >= 0.6 is 11.6 Å². The molecule has 1 N–H and O–H groups in total. The van der Waals surface area contributed by atoms with Crippen molar-refractivity contribution in [3.05, 3.63) is 46.0 Å². The van der Waals surface area contributed by atoms with Crippen LogP contribution in [-0.4, -0.2) is 30.0 Å². The fourth-order valence-electron chi connectivity index (χ4n) is 1.86. The predicted molar refractivity (Wildman–Crippen MR) is 78.1 cm³/mol. The second-order valence-corrected chi connectivity index (χ2v) is 7.23. The van der Waals surface area contributed by atoms with E-state index in [1.807, 2.05) is 0 Å². The first-order chi connectivity index (χ1) is 9.73. The van der Waals surface area contributed by atoms with Crippen molar-refractivity contribution < 1.29 is 12.8 Å². The lowest BCUT2D eigenvalue weighted by Gasteiger charge is -2.18. The summed E-state index contributed by atoms with van der Waals surface area (Å²) in [6.07, 6.45) is 1.57. The van der Waals surface area contributed by atoms with Crippen LogP contribution in [0, 0.1) is 19.7 Å². The Morgan fingerprint density at radius 1 is 1.38 bits per heavy atom. The van der Waals surface area contributed by atoms with E-state index in [9.17, 15) is 12.8 Å². The van der Waals surface area contributed by atoms with E-state index < -0.39 is 15.8 Å². The maximum absolute atomic E-state index is 13.4. The van der Waals surface area contributed by atoms with E-state index in [0.29, 0.717) is 0 Å².